The fourth-order valence-electron chi connectivity index (χ4n) is 5.49. The minimum atomic E-state index is -3.66. The number of phosphoric ester groups is 2. The Balaban J connectivity index is 2.12. The van der Waals surface area contributed by atoms with E-state index < -0.39 is 51.5 Å². The summed E-state index contributed by atoms with van der Waals surface area (Å²) in [6, 6.07) is 7.72. The number of Topliss-reactive ketones (excluding diaryl/α,β-unsaturated/α-hetero) is 1. The van der Waals surface area contributed by atoms with Gasteiger partial charge in [-0.15, -0.1) is 6.58 Å². The first kappa shape index (κ1) is 42.9. The molecule has 16 heteroatoms. The van der Waals surface area contributed by atoms with Gasteiger partial charge in [0.15, 0.2) is 0 Å². The largest absolute Gasteiger partial charge is 0.474 e. The fraction of sp³-hybridized carbons (Fsp3) is 0.667. The van der Waals surface area contributed by atoms with E-state index in [1.807, 2.05) is 30.3 Å². The van der Waals surface area contributed by atoms with Gasteiger partial charge in [0, 0.05) is 12.6 Å². The Morgan fingerprint density at radius 2 is 1.12 bits per heavy atom. The number of carbonyl (C=O) groups is 3. The molecule has 49 heavy (non-hydrogen) atoms. The lowest BCUT2D eigenvalue weighted by Gasteiger charge is -2.28. The summed E-state index contributed by atoms with van der Waals surface area (Å²) in [7, 11) is -7.32. The van der Waals surface area contributed by atoms with Gasteiger partial charge in [-0.2, -0.15) is 0 Å². The number of benzene rings is 1. The molecule has 2 rings (SSSR count). The minimum absolute atomic E-state index is 0.00529. The molecule has 14 nitrogen and oxygen atoms in total. The summed E-state index contributed by atoms with van der Waals surface area (Å²) in [5.41, 5.74) is 0.884. The van der Waals surface area contributed by atoms with Crippen LogP contribution in [0.15, 0.2) is 43.0 Å². The van der Waals surface area contributed by atoms with Gasteiger partial charge >= 0.3 is 27.6 Å². The highest BCUT2D eigenvalue weighted by atomic mass is 31.2. The predicted octanol–water partition coefficient (Wildman–Crippen LogP) is 6.29. The molecular formula is C33H53NO13P2. The third-order valence-corrected chi connectivity index (χ3v) is 10.8. The Hall–Kier alpha value is -2.25. The van der Waals surface area contributed by atoms with E-state index in [0.717, 1.165) is 5.56 Å². The Labute approximate surface area is 290 Å². The maximum atomic E-state index is 13.7. The zero-order valence-electron chi connectivity index (χ0n) is 29.3. The number of hydrogen-bond acceptors (Lipinski definition) is 14. The van der Waals surface area contributed by atoms with Gasteiger partial charge in [-0.25, -0.2) is 9.13 Å². The van der Waals surface area contributed by atoms with Gasteiger partial charge in [0.05, 0.1) is 70.7 Å². The number of ketones is 1. The molecule has 0 radical (unpaired) electrons. The van der Waals surface area contributed by atoms with E-state index in [9.17, 15) is 23.5 Å². The van der Waals surface area contributed by atoms with Crippen LogP contribution < -0.4 is 0 Å². The SMILES string of the molecule is C=C[C@@H]1C(C(=O)OCCCCOP(=O)(OCC)OCC)C(C(=O)OCCCCOP(=O)(OCC)OCC)[C@H](C(C)=O)N1Cc1ccccc1. The van der Waals surface area contributed by atoms with Crippen LogP contribution in [0.5, 0.6) is 0 Å². The van der Waals surface area contributed by atoms with Crippen molar-refractivity contribution in [3.63, 3.8) is 0 Å². The van der Waals surface area contributed by atoms with Crippen LogP contribution >= 0.6 is 15.6 Å². The van der Waals surface area contributed by atoms with Crippen LogP contribution in [0.2, 0.25) is 0 Å². The number of nitrogens with zero attached hydrogens (tertiary/aromatic N) is 1. The predicted molar refractivity (Wildman–Crippen MR) is 181 cm³/mol. The summed E-state index contributed by atoms with van der Waals surface area (Å²) in [5.74, 6) is -3.91. The van der Waals surface area contributed by atoms with Gasteiger partial charge in [0.2, 0.25) is 0 Å². The van der Waals surface area contributed by atoms with Crippen LogP contribution in [-0.2, 0) is 66.7 Å². The van der Waals surface area contributed by atoms with Gasteiger partial charge in [0.25, 0.3) is 0 Å². The number of likely N-dealkylation sites (tertiary alicyclic amines) is 1. The highest BCUT2D eigenvalue weighted by Crippen LogP contribution is 2.50. The molecule has 278 valence electrons. The Morgan fingerprint density at radius 1 is 0.694 bits per heavy atom. The summed E-state index contributed by atoms with van der Waals surface area (Å²) in [5, 5.41) is 0. The van der Waals surface area contributed by atoms with E-state index in [0.29, 0.717) is 25.7 Å². The summed E-state index contributed by atoms with van der Waals surface area (Å²) >= 11 is 0. The summed E-state index contributed by atoms with van der Waals surface area (Å²) in [6.07, 6.45) is 3.06. The molecule has 0 bridgehead atoms. The summed E-state index contributed by atoms with van der Waals surface area (Å²) in [6.45, 7) is 13.0. The number of hydrogen-bond donors (Lipinski definition) is 0. The quantitative estimate of drug-likeness (QED) is 0.0452. The molecule has 0 saturated carbocycles. The standard InChI is InChI=1S/C33H53NO13P2/c1-7-28-29(32(36)40-21-15-17-23-46-48(38,42-8-2)43-9-3)30(31(26(6)35)34(28)25-27-19-13-12-14-20-27)33(37)41-22-16-18-24-47-49(39,44-10-4)45-11-5/h7,12-14,19-20,28-31H,1,8-11,15-18,21-25H2,2-6H3/t28-,29?,30?,31+/m1/s1. The topological polar surface area (TPSA) is 162 Å². The van der Waals surface area contributed by atoms with Crippen LogP contribution in [0, 0.1) is 11.8 Å². The molecule has 1 fully saturated rings. The maximum Gasteiger partial charge on any atom is 0.474 e. The number of unbranched alkanes of at least 4 members (excludes halogenated alkanes) is 2. The highest BCUT2D eigenvalue weighted by Gasteiger charge is 2.57. The first-order valence-electron chi connectivity index (χ1n) is 16.8. The average Bonchev–Trinajstić information content (AvgIpc) is 3.39. The van der Waals surface area contributed by atoms with Crippen LogP contribution in [0.4, 0.5) is 0 Å². The van der Waals surface area contributed by atoms with Crippen molar-refractivity contribution in [2.45, 2.75) is 78.9 Å². The second-order valence-corrected chi connectivity index (χ2v) is 14.3. The molecule has 2 unspecified atom stereocenters. The Kier molecular flexibility index (Phi) is 19.7. The third-order valence-electron chi connectivity index (χ3n) is 7.46. The van der Waals surface area contributed by atoms with E-state index in [-0.39, 0.29) is 65.2 Å². The summed E-state index contributed by atoms with van der Waals surface area (Å²) < 4.78 is 67.4. The molecule has 0 aliphatic carbocycles. The first-order chi connectivity index (χ1) is 23.5. The fourth-order valence-corrected chi connectivity index (χ4v) is 7.91. The molecule has 0 N–H and O–H groups in total. The van der Waals surface area contributed by atoms with E-state index in [1.54, 1.807) is 38.7 Å². The van der Waals surface area contributed by atoms with Crippen LogP contribution in [-0.4, -0.2) is 87.6 Å². The monoisotopic (exact) mass is 733 g/mol. The van der Waals surface area contributed by atoms with Crippen molar-refractivity contribution in [2.24, 2.45) is 11.8 Å². The zero-order valence-corrected chi connectivity index (χ0v) is 31.1. The lowest BCUT2D eigenvalue weighted by molar-refractivity contribution is -0.160. The van der Waals surface area contributed by atoms with E-state index in [2.05, 4.69) is 6.58 Å². The van der Waals surface area contributed by atoms with Crippen molar-refractivity contribution in [3.8, 4) is 0 Å². The summed E-state index contributed by atoms with van der Waals surface area (Å²) in [4.78, 5) is 42.3. The molecule has 1 aliphatic rings. The van der Waals surface area contributed by atoms with Gasteiger partial charge in [-0.1, -0.05) is 36.4 Å². The number of rotatable bonds is 26. The van der Waals surface area contributed by atoms with E-state index in [1.165, 1.54) is 6.92 Å². The molecule has 4 atom stereocenters. The molecule has 1 heterocycles. The van der Waals surface area contributed by atoms with Crippen LogP contribution in [0.3, 0.4) is 0 Å². The van der Waals surface area contributed by atoms with Crippen molar-refractivity contribution >= 4 is 33.4 Å². The normalized spacial score (nSPS) is 19.9. The van der Waals surface area contributed by atoms with Gasteiger partial charge in [0.1, 0.15) is 5.78 Å². The van der Waals surface area contributed by atoms with Crippen molar-refractivity contribution in [3.05, 3.63) is 48.6 Å². The van der Waals surface area contributed by atoms with Crippen molar-refractivity contribution < 1.29 is 60.1 Å². The Bertz CT molecular complexity index is 1240. The van der Waals surface area contributed by atoms with Gasteiger partial charge < -0.3 is 9.47 Å². The second kappa shape index (κ2) is 22.5. The average molecular weight is 734 g/mol. The first-order valence-corrected chi connectivity index (χ1v) is 19.7. The molecule has 1 aromatic carbocycles. The van der Waals surface area contributed by atoms with Crippen molar-refractivity contribution in [1.29, 1.82) is 0 Å². The minimum Gasteiger partial charge on any atom is -0.465 e. The highest BCUT2D eigenvalue weighted by molar-refractivity contribution is 7.48. The van der Waals surface area contributed by atoms with Gasteiger partial charge in [-0.05, 0) is 65.9 Å². The molecule has 0 amide bonds. The molecule has 1 aromatic rings. The lowest BCUT2D eigenvalue weighted by atomic mass is 9.85. The number of carbonyl (C=O) groups excluding carboxylic acids is 3. The molecule has 1 aliphatic heterocycles. The molecule has 0 aromatic heterocycles. The maximum absolute atomic E-state index is 13.7. The smallest absolute Gasteiger partial charge is 0.465 e. The third kappa shape index (κ3) is 13.8. The van der Waals surface area contributed by atoms with Crippen LogP contribution in [0.25, 0.3) is 0 Å². The molecule has 0 spiro atoms. The second-order valence-electron chi connectivity index (χ2n) is 11.0. The van der Waals surface area contributed by atoms with Crippen LogP contribution in [0.1, 0.15) is 65.9 Å². The molecular weight excluding hydrogens is 680 g/mol. The number of esters is 2. The van der Waals surface area contributed by atoms with Gasteiger partial charge in [-0.3, -0.25) is 46.4 Å². The lowest BCUT2D eigenvalue weighted by Crippen LogP contribution is -2.43. The van der Waals surface area contributed by atoms with E-state index in [4.69, 9.17) is 36.6 Å². The molecule has 1 saturated heterocycles. The number of phosphoric acid groups is 2. The Morgan fingerprint density at radius 3 is 1.53 bits per heavy atom. The van der Waals surface area contributed by atoms with Crippen molar-refractivity contribution in [2.75, 3.05) is 52.9 Å². The number of ether oxygens (including phenoxy) is 2. The zero-order chi connectivity index (χ0) is 36.3. The van der Waals surface area contributed by atoms with Crippen molar-refractivity contribution in [1.82, 2.24) is 4.90 Å². The van der Waals surface area contributed by atoms with E-state index >= 15 is 0 Å².